The van der Waals surface area contributed by atoms with E-state index in [9.17, 15) is 13.2 Å². The van der Waals surface area contributed by atoms with E-state index in [0.717, 1.165) is 11.6 Å². The fraction of sp³-hybridized carbons (Fsp3) is 0.100. The summed E-state index contributed by atoms with van der Waals surface area (Å²) in [5, 5.41) is 0. The van der Waals surface area contributed by atoms with Crippen LogP contribution in [0.4, 0.5) is 13.2 Å². The number of alkyl halides is 3. The van der Waals surface area contributed by atoms with Crippen LogP contribution in [0.1, 0.15) is 11.1 Å². The molecule has 0 fully saturated rings. The van der Waals surface area contributed by atoms with Gasteiger partial charge in [0.1, 0.15) is 5.69 Å². The van der Waals surface area contributed by atoms with Crippen LogP contribution in [-0.2, 0) is 12.7 Å². The highest BCUT2D eigenvalue weighted by Gasteiger charge is 2.32. The second kappa shape index (κ2) is 6.29. The Kier molecular flexibility index (Phi) is 3.95. The molecule has 26 heavy (non-hydrogen) atoms. The van der Waals surface area contributed by atoms with Crippen molar-refractivity contribution in [1.29, 1.82) is 0 Å². The molecule has 2 aliphatic rings. The van der Waals surface area contributed by atoms with Gasteiger partial charge in [0.05, 0.1) is 11.3 Å². The minimum atomic E-state index is -4.37. The maximum absolute atomic E-state index is 13.2. The highest BCUT2D eigenvalue weighted by Crippen LogP contribution is 2.32. The van der Waals surface area contributed by atoms with E-state index < -0.39 is 11.7 Å². The van der Waals surface area contributed by atoms with Gasteiger partial charge in [-0.05, 0) is 17.7 Å². The maximum atomic E-state index is 13.2. The van der Waals surface area contributed by atoms with Crippen molar-refractivity contribution in [2.45, 2.75) is 12.7 Å². The molecule has 0 atom stereocenters. The van der Waals surface area contributed by atoms with Gasteiger partial charge in [0.25, 0.3) is 0 Å². The third-order valence-corrected chi connectivity index (χ3v) is 4.13. The lowest BCUT2D eigenvalue weighted by atomic mass is 10.1. The average Bonchev–Trinajstić information content (AvgIpc) is 3.05. The molecule has 0 aromatic heterocycles. The molecule has 0 unspecified atom stereocenters. The smallest absolute Gasteiger partial charge is 0.348 e. The summed E-state index contributed by atoms with van der Waals surface area (Å²) in [5.41, 5.74) is 1.86. The second-order valence-electron chi connectivity index (χ2n) is 5.96. The molecule has 0 spiro atoms. The van der Waals surface area contributed by atoms with Gasteiger partial charge in [-0.2, -0.15) is 13.2 Å². The van der Waals surface area contributed by atoms with Crippen molar-refractivity contribution in [2.75, 3.05) is 0 Å². The van der Waals surface area contributed by atoms with Crippen LogP contribution in [0, 0.1) is 0 Å². The number of imidazole rings is 1. The van der Waals surface area contributed by atoms with Gasteiger partial charge in [0, 0.05) is 24.5 Å². The van der Waals surface area contributed by atoms with E-state index in [4.69, 9.17) is 0 Å². The van der Waals surface area contributed by atoms with Gasteiger partial charge in [0.15, 0.2) is 5.82 Å². The van der Waals surface area contributed by atoms with Gasteiger partial charge in [-0.3, -0.25) is 0 Å². The number of hydrogen-bond acceptors (Lipinski definition) is 2. The normalized spacial score (nSPS) is 11.8. The highest BCUT2D eigenvalue weighted by atomic mass is 19.4. The van der Waals surface area contributed by atoms with E-state index in [1.807, 2.05) is 30.3 Å². The van der Waals surface area contributed by atoms with Crippen LogP contribution in [0.3, 0.4) is 0 Å². The molecular weight excluding hydrogens is 339 g/mol. The number of benzene rings is 2. The summed E-state index contributed by atoms with van der Waals surface area (Å²) in [4.78, 5) is 8.99. The Hall–Kier alpha value is -3.15. The highest BCUT2D eigenvalue weighted by molar-refractivity contribution is 5.65. The Bertz CT molecular complexity index is 1010. The lowest BCUT2D eigenvalue weighted by molar-refractivity contribution is -0.138. The topological polar surface area (TPSA) is 30.7 Å². The van der Waals surface area contributed by atoms with E-state index in [-0.39, 0.29) is 12.1 Å². The van der Waals surface area contributed by atoms with Crippen molar-refractivity contribution in [1.82, 2.24) is 14.5 Å². The van der Waals surface area contributed by atoms with Crippen molar-refractivity contribution in [3.63, 3.8) is 0 Å². The molecule has 0 saturated heterocycles. The molecule has 0 bridgehead atoms. The summed E-state index contributed by atoms with van der Waals surface area (Å²) in [6.07, 6.45) is -0.928. The number of rotatable bonds is 3. The summed E-state index contributed by atoms with van der Waals surface area (Å²) >= 11 is 0. The van der Waals surface area contributed by atoms with Gasteiger partial charge >= 0.3 is 6.18 Å². The Morgan fingerprint density at radius 1 is 0.808 bits per heavy atom. The zero-order valence-corrected chi connectivity index (χ0v) is 13.6. The largest absolute Gasteiger partial charge is 0.416 e. The Balaban J connectivity index is 1.68. The van der Waals surface area contributed by atoms with Crippen LogP contribution in [0.2, 0.25) is 0 Å². The Morgan fingerprint density at radius 3 is 2.27 bits per heavy atom. The fourth-order valence-corrected chi connectivity index (χ4v) is 2.90. The standard InChI is InChI=1S/C20H14F3N3/c21-20(22,23)16-9-5-4-8-15(16)12-26-11-10-17-18(13-26)25-19(24-17)14-6-2-1-3-7-14/h1-11,13H,12H2. The first-order valence-corrected chi connectivity index (χ1v) is 8.05. The maximum Gasteiger partial charge on any atom is 0.416 e. The number of hydrogen-bond donors (Lipinski definition) is 0. The summed E-state index contributed by atoms with van der Waals surface area (Å²) in [6, 6.07) is 16.9. The minimum absolute atomic E-state index is 0.110. The third-order valence-electron chi connectivity index (χ3n) is 4.13. The summed E-state index contributed by atoms with van der Waals surface area (Å²) in [5.74, 6) is 0.606. The van der Waals surface area contributed by atoms with Gasteiger partial charge in [0.2, 0.25) is 0 Å². The van der Waals surface area contributed by atoms with Crippen LogP contribution in [0.15, 0.2) is 73.1 Å². The molecule has 0 aliphatic carbocycles. The number of halogens is 3. The first-order chi connectivity index (χ1) is 12.5. The third kappa shape index (κ3) is 3.18. The van der Waals surface area contributed by atoms with Gasteiger partial charge < -0.3 is 4.57 Å². The Labute approximate surface area is 148 Å². The number of nitrogens with zero attached hydrogens (tertiary/aromatic N) is 3. The van der Waals surface area contributed by atoms with Crippen molar-refractivity contribution >= 4 is 0 Å². The quantitative estimate of drug-likeness (QED) is 0.512. The molecule has 0 saturated carbocycles. The number of fused-ring (bicyclic) bond motifs is 1. The molecule has 2 aromatic rings. The molecule has 3 nitrogen and oxygen atoms in total. The van der Waals surface area contributed by atoms with Crippen LogP contribution >= 0.6 is 0 Å². The van der Waals surface area contributed by atoms with Gasteiger partial charge in [-0.1, -0.05) is 48.5 Å². The predicted octanol–water partition coefficient (Wildman–Crippen LogP) is 5.12. The van der Waals surface area contributed by atoms with Crippen LogP contribution in [0.25, 0.3) is 22.8 Å². The molecule has 6 heteroatoms. The molecule has 0 radical (unpaired) electrons. The molecule has 4 rings (SSSR count). The average molecular weight is 353 g/mol. The molecule has 2 aromatic carbocycles. The van der Waals surface area contributed by atoms with E-state index >= 15 is 0 Å². The van der Waals surface area contributed by atoms with Crippen molar-refractivity contribution in [2.24, 2.45) is 0 Å². The van der Waals surface area contributed by atoms with Crippen LogP contribution in [0.5, 0.6) is 0 Å². The van der Waals surface area contributed by atoms with E-state index in [2.05, 4.69) is 9.97 Å². The lowest BCUT2D eigenvalue weighted by Crippen LogP contribution is -2.11. The number of aromatic nitrogens is 3. The van der Waals surface area contributed by atoms with E-state index in [1.54, 1.807) is 29.1 Å². The molecular formula is C20H14F3N3. The molecule has 2 heterocycles. The van der Waals surface area contributed by atoms with Crippen molar-refractivity contribution < 1.29 is 13.2 Å². The first-order valence-electron chi connectivity index (χ1n) is 8.05. The number of pyridine rings is 1. The minimum Gasteiger partial charge on any atom is -0.348 e. The first kappa shape index (κ1) is 16.3. The molecule has 0 N–H and O–H groups in total. The summed E-state index contributed by atoms with van der Waals surface area (Å²) < 4.78 is 41.2. The van der Waals surface area contributed by atoms with Gasteiger partial charge in [-0.15, -0.1) is 0 Å². The Morgan fingerprint density at radius 2 is 1.50 bits per heavy atom. The molecule has 0 amide bonds. The van der Waals surface area contributed by atoms with E-state index in [1.165, 1.54) is 12.1 Å². The lowest BCUT2D eigenvalue weighted by Gasteiger charge is -2.14. The second-order valence-corrected chi connectivity index (χ2v) is 5.96. The molecule has 2 aliphatic heterocycles. The molecule has 130 valence electrons. The zero-order chi connectivity index (χ0) is 18.1. The zero-order valence-electron chi connectivity index (χ0n) is 13.6. The predicted molar refractivity (Wildman–Crippen MR) is 92.6 cm³/mol. The fourth-order valence-electron chi connectivity index (χ4n) is 2.90. The SMILES string of the molecule is FC(F)(F)c1ccccc1Cn1ccc2nc(-c3ccccc3)nc-2c1. The summed E-state index contributed by atoms with van der Waals surface area (Å²) in [7, 11) is 0. The van der Waals surface area contributed by atoms with Crippen LogP contribution in [-0.4, -0.2) is 14.5 Å². The monoisotopic (exact) mass is 353 g/mol. The van der Waals surface area contributed by atoms with Crippen LogP contribution < -0.4 is 0 Å². The summed E-state index contributed by atoms with van der Waals surface area (Å²) in [6.45, 7) is 0.110. The van der Waals surface area contributed by atoms with Gasteiger partial charge in [-0.25, -0.2) is 9.97 Å². The van der Waals surface area contributed by atoms with E-state index in [0.29, 0.717) is 17.2 Å². The van der Waals surface area contributed by atoms with Crippen molar-refractivity contribution in [3.05, 3.63) is 84.2 Å². The van der Waals surface area contributed by atoms with Crippen molar-refractivity contribution in [3.8, 4) is 22.8 Å².